The van der Waals surface area contributed by atoms with Gasteiger partial charge in [0, 0.05) is 37.8 Å². The third-order valence-electron chi connectivity index (χ3n) is 6.18. The largest absolute Gasteiger partial charge is 0.497 e. The third-order valence-corrected chi connectivity index (χ3v) is 7.06. The van der Waals surface area contributed by atoms with Gasteiger partial charge in [-0.25, -0.2) is 4.98 Å². The molecule has 0 bridgehead atoms. The van der Waals surface area contributed by atoms with Crippen molar-refractivity contribution in [2.45, 2.75) is 32.0 Å². The number of aromatic nitrogens is 3. The number of benzene rings is 1. The summed E-state index contributed by atoms with van der Waals surface area (Å²) in [5.41, 5.74) is 2.46. The predicted molar refractivity (Wildman–Crippen MR) is 129 cm³/mol. The zero-order valence-electron chi connectivity index (χ0n) is 18.6. The molecule has 4 heterocycles. The minimum Gasteiger partial charge on any atom is -0.497 e. The van der Waals surface area contributed by atoms with Crippen LogP contribution in [0, 0.1) is 0 Å². The number of thiophene rings is 1. The number of ether oxygens (including phenoxy) is 1. The monoisotopic (exact) mass is 465 g/mol. The maximum atomic E-state index is 12.5. The Labute approximate surface area is 195 Å². The quantitative estimate of drug-likeness (QED) is 0.427. The summed E-state index contributed by atoms with van der Waals surface area (Å²) in [5, 5.41) is 9.84. The Kier molecular flexibility index (Phi) is 6.52. The van der Waals surface area contributed by atoms with Gasteiger partial charge in [-0.2, -0.15) is 0 Å². The topological polar surface area (TPSA) is 85.4 Å². The highest BCUT2D eigenvalue weighted by Gasteiger charge is 2.19. The number of fused-ring (bicyclic) bond motifs is 1. The Hall–Kier alpha value is -3.01. The molecule has 9 heteroatoms. The van der Waals surface area contributed by atoms with Crippen molar-refractivity contribution in [2.75, 3.05) is 26.7 Å². The van der Waals surface area contributed by atoms with Crippen molar-refractivity contribution in [2.24, 2.45) is 0 Å². The Morgan fingerprint density at radius 2 is 2.09 bits per heavy atom. The van der Waals surface area contributed by atoms with Crippen molar-refractivity contribution in [1.29, 1.82) is 0 Å². The highest BCUT2D eigenvalue weighted by molar-refractivity contribution is 7.13. The molecule has 1 aliphatic rings. The number of hydrogen-bond donors (Lipinski definition) is 1. The minimum absolute atomic E-state index is 0.0816. The summed E-state index contributed by atoms with van der Waals surface area (Å²) in [4.78, 5) is 20.3. The molecule has 0 amide bonds. The second-order valence-corrected chi connectivity index (χ2v) is 9.21. The molecule has 1 fully saturated rings. The zero-order chi connectivity index (χ0) is 22.6. The summed E-state index contributed by atoms with van der Waals surface area (Å²) in [6.45, 7) is 4.17. The molecule has 5 rings (SSSR count). The van der Waals surface area contributed by atoms with Crippen molar-refractivity contribution >= 4 is 22.4 Å². The number of likely N-dealkylation sites (tertiary alicyclic amines) is 1. The number of methoxy groups -OCH3 is 1. The van der Waals surface area contributed by atoms with Crippen LogP contribution in [-0.4, -0.2) is 52.4 Å². The summed E-state index contributed by atoms with van der Waals surface area (Å²) in [5.74, 6) is 1.55. The maximum absolute atomic E-state index is 12.5. The van der Waals surface area contributed by atoms with Gasteiger partial charge in [0.2, 0.25) is 0 Å². The fraction of sp³-hybridized carbons (Fsp3) is 0.375. The summed E-state index contributed by atoms with van der Waals surface area (Å²) >= 11 is 1.65. The first-order valence-electron chi connectivity index (χ1n) is 11.2. The van der Waals surface area contributed by atoms with E-state index >= 15 is 0 Å². The first-order valence-corrected chi connectivity index (χ1v) is 12.1. The fourth-order valence-corrected chi connectivity index (χ4v) is 4.95. The first-order chi connectivity index (χ1) is 16.2. The number of nitrogens with one attached hydrogen (secondary N) is 1. The minimum atomic E-state index is -0.0816. The van der Waals surface area contributed by atoms with Crippen molar-refractivity contribution in [3.05, 3.63) is 64.0 Å². The molecule has 0 saturated carbocycles. The van der Waals surface area contributed by atoms with E-state index in [1.165, 1.54) is 6.20 Å². The van der Waals surface area contributed by atoms with E-state index in [9.17, 15) is 4.79 Å². The van der Waals surface area contributed by atoms with E-state index < -0.39 is 0 Å². The van der Waals surface area contributed by atoms with Gasteiger partial charge in [0.25, 0.3) is 5.56 Å². The highest BCUT2D eigenvalue weighted by Crippen LogP contribution is 2.25. The molecule has 33 heavy (non-hydrogen) atoms. The van der Waals surface area contributed by atoms with Gasteiger partial charge in [-0.15, -0.1) is 11.3 Å². The summed E-state index contributed by atoms with van der Waals surface area (Å²) in [6, 6.07) is 12.2. The number of nitrogens with zero attached hydrogens (tertiary/aromatic N) is 4. The summed E-state index contributed by atoms with van der Waals surface area (Å²) < 4.78 is 12.6. The van der Waals surface area contributed by atoms with Crippen LogP contribution in [0.5, 0.6) is 5.75 Å². The van der Waals surface area contributed by atoms with Gasteiger partial charge >= 0.3 is 0 Å². The molecule has 0 radical (unpaired) electrons. The summed E-state index contributed by atoms with van der Waals surface area (Å²) in [7, 11) is 1.63. The maximum Gasteiger partial charge on any atom is 0.269 e. The van der Waals surface area contributed by atoms with Gasteiger partial charge < -0.3 is 24.0 Å². The van der Waals surface area contributed by atoms with Crippen molar-refractivity contribution in [3.63, 3.8) is 0 Å². The average Bonchev–Trinajstić information content (AvgIpc) is 3.55. The smallest absolute Gasteiger partial charge is 0.269 e. The van der Waals surface area contributed by atoms with Gasteiger partial charge in [0.05, 0.1) is 34.9 Å². The molecule has 8 nitrogen and oxygen atoms in total. The second kappa shape index (κ2) is 9.86. The first kappa shape index (κ1) is 21.8. The van der Waals surface area contributed by atoms with Crippen LogP contribution >= 0.6 is 11.3 Å². The van der Waals surface area contributed by atoms with E-state index in [4.69, 9.17) is 9.26 Å². The fourth-order valence-electron chi connectivity index (χ4n) is 4.28. The molecular weight excluding hydrogens is 438 g/mol. The predicted octanol–water partition coefficient (Wildman–Crippen LogP) is 3.38. The van der Waals surface area contributed by atoms with E-state index in [1.54, 1.807) is 23.0 Å². The van der Waals surface area contributed by atoms with Crippen LogP contribution in [0.2, 0.25) is 0 Å². The van der Waals surface area contributed by atoms with Crippen LogP contribution in [0.3, 0.4) is 0 Å². The highest BCUT2D eigenvalue weighted by atomic mass is 32.1. The molecule has 4 aromatic rings. The van der Waals surface area contributed by atoms with Gasteiger partial charge in [-0.3, -0.25) is 4.79 Å². The Morgan fingerprint density at radius 3 is 2.88 bits per heavy atom. The van der Waals surface area contributed by atoms with Crippen LogP contribution in [0.25, 0.3) is 21.7 Å². The molecule has 1 N–H and O–H groups in total. The molecule has 3 aromatic heterocycles. The van der Waals surface area contributed by atoms with Gasteiger partial charge in [0.1, 0.15) is 5.75 Å². The normalized spacial score (nSPS) is 15.3. The number of piperidine rings is 1. The lowest BCUT2D eigenvalue weighted by Gasteiger charge is -2.32. The lowest BCUT2D eigenvalue weighted by Crippen LogP contribution is -2.43. The summed E-state index contributed by atoms with van der Waals surface area (Å²) in [6.07, 6.45) is 3.53. The molecular formula is C24H27N5O3S. The van der Waals surface area contributed by atoms with E-state index in [1.807, 2.05) is 41.8 Å². The van der Waals surface area contributed by atoms with E-state index in [0.717, 1.165) is 65.6 Å². The van der Waals surface area contributed by atoms with E-state index in [-0.39, 0.29) is 5.56 Å². The molecule has 1 aromatic carbocycles. The van der Waals surface area contributed by atoms with E-state index in [2.05, 4.69) is 20.4 Å². The van der Waals surface area contributed by atoms with Crippen molar-refractivity contribution in [1.82, 2.24) is 24.9 Å². The van der Waals surface area contributed by atoms with E-state index in [0.29, 0.717) is 19.1 Å². The molecule has 1 aliphatic heterocycles. The zero-order valence-corrected chi connectivity index (χ0v) is 19.4. The Balaban J connectivity index is 1.13. The standard InChI is InChI=1S/C24H27N5O3S/c1-31-19-4-5-20-21(14-19)29(24(30)16-26-20)11-10-28-8-6-17(7-9-28)25-15-18-13-22(32-27-18)23-3-2-12-33-23/h2-5,12-14,16-17,25H,6-11,15H2,1H3. The van der Waals surface area contributed by atoms with Gasteiger partial charge in [-0.05, 0) is 49.5 Å². The van der Waals surface area contributed by atoms with Crippen LogP contribution in [0.15, 0.2) is 57.3 Å². The third kappa shape index (κ3) is 5.00. The SMILES string of the molecule is COc1ccc2ncc(=O)n(CCN3CCC(NCc4cc(-c5cccs5)on4)CC3)c2c1. The Bertz CT molecular complexity index is 1260. The van der Waals surface area contributed by atoms with Gasteiger partial charge in [0.15, 0.2) is 5.76 Å². The number of rotatable bonds is 8. The van der Waals surface area contributed by atoms with Crippen LogP contribution in [0.4, 0.5) is 0 Å². The molecule has 0 unspecified atom stereocenters. The van der Waals surface area contributed by atoms with Crippen LogP contribution in [-0.2, 0) is 13.1 Å². The molecule has 0 spiro atoms. The molecule has 172 valence electrons. The lowest BCUT2D eigenvalue weighted by molar-refractivity contribution is 0.191. The van der Waals surface area contributed by atoms with Crippen molar-refractivity contribution < 1.29 is 9.26 Å². The van der Waals surface area contributed by atoms with Crippen LogP contribution in [0.1, 0.15) is 18.5 Å². The Morgan fingerprint density at radius 1 is 1.21 bits per heavy atom. The lowest BCUT2D eigenvalue weighted by atomic mass is 10.0. The molecule has 1 saturated heterocycles. The average molecular weight is 466 g/mol. The number of hydrogen-bond acceptors (Lipinski definition) is 8. The molecule has 0 atom stereocenters. The molecule has 0 aliphatic carbocycles. The second-order valence-electron chi connectivity index (χ2n) is 8.26. The van der Waals surface area contributed by atoms with Crippen molar-refractivity contribution in [3.8, 4) is 16.4 Å². The van der Waals surface area contributed by atoms with Gasteiger partial charge in [-0.1, -0.05) is 11.2 Å². The van der Waals surface area contributed by atoms with Crippen LogP contribution < -0.4 is 15.6 Å².